The first-order valence-corrected chi connectivity index (χ1v) is 7.47. The summed E-state index contributed by atoms with van der Waals surface area (Å²) in [6.07, 6.45) is 3.68. The van der Waals surface area contributed by atoms with Crippen LogP contribution in [-0.4, -0.2) is 21.7 Å². The second-order valence-electron chi connectivity index (χ2n) is 6.35. The van der Waals surface area contributed by atoms with Gasteiger partial charge in [0.15, 0.2) is 0 Å². The van der Waals surface area contributed by atoms with E-state index in [4.69, 9.17) is 17.3 Å². The fraction of sp³-hybridized carbons (Fsp3) is 0.375. The Labute approximate surface area is 135 Å². The van der Waals surface area contributed by atoms with Gasteiger partial charge in [0.2, 0.25) is 5.91 Å². The smallest absolute Gasteiger partial charge is 0.235 e. The zero-order valence-corrected chi connectivity index (χ0v) is 13.8. The van der Waals surface area contributed by atoms with Gasteiger partial charge in [-0.1, -0.05) is 32.4 Å². The molecule has 0 saturated carbocycles. The minimum absolute atomic E-state index is 0.238. The lowest BCUT2D eigenvalue weighted by Crippen LogP contribution is -2.49. The molecule has 0 spiro atoms. The van der Waals surface area contributed by atoms with E-state index in [1.165, 1.54) is 0 Å². The third-order valence-corrected chi connectivity index (χ3v) is 3.64. The Morgan fingerprint density at radius 3 is 2.55 bits per heavy atom. The maximum absolute atomic E-state index is 11.6. The minimum Gasteiger partial charge on any atom is -0.368 e. The molecule has 1 atom stereocenters. The van der Waals surface area contributed by atoms with E-state index in [1.54, 1.807) is 10.9 Å². The number of carbonyl (C=O) groups is 1. The summed E-state index contributed by atoms with van der Waals surface area (Å²) in [6.45, 7) is 6.46. The first-order valence-electron chi connectivity index (χ1n) is 7.09. The second-order valence-corrected chi connectivity index (χ2v) is 6.79. The molecule has 6 heteroatoms. The van der Waals surface area contributed by atoms with E-state index in [9.17, 15) is 4.79 Å². The SMILES string of the molecule is CC(C)(C)[C@@H](NCc1cnn(-c2ccc(Cl)cc2)c1)C(N)=O. The van der Waals surface area contributed by atoms with Crippen molar-refractivity contribution in [2.45, 2.75) is 33.4 Å². The average Bonchev–Trinajstić information content (AvgIpc) is 2.86. The number of nitrogens with one attached hydrogen (secondary N) is 1. The largest absolute Gasteiger partial charge is 0.368 e. The van der Waals surface area contributed by atoms with Crippen molar-refractivity contribution in [3.05, 3.63) is 47.2 Å². The summed E-state index contributed by atoms with van der Waals surface area (Å²) >= 11 is 5.88. The summed E-state index contributed by atoms with van der Waals surface area (Å²) < 4.78 is 1.77. The predicted octanol–water partition coefficient (Wildman–Crippen LogP) is 2.52. The topological polar surface area (TPSA) is 72.9 Å². The number of nitrogens with zero attached hydrogens (tertiary/aromatic N) is 2. The normalized spacial score (nSPS) is 13.1. The molecule has 5 nitrogen and oxygen atoms in total. The molecule has 0 bridgehead atoms. The number of rotatable bonds is 5. The van der Waals surface area contributed by atoms with Gasteiger partial charge in [-0.2, -0.15) is 5.10 Å². The van der Waals surface area contributed by atoms with Crippen molar-refractivity contribution in [3.8, 4) is 5.69 Å². The summed E-state index contributed by atoms with van der Waals surface area (Å²) in [4.78, 5) is 11.6. The maximum atomic E-state index is 11.6. The van der Waals surface area contributed by atoms with E-state index < -0.39 is 6.04 Å². The Kier molecular flexibility index (Phi) is 4.88. The van der Waals surface area contributed by atoms with Crippen LogP contribution < -0.4 is 11.1 Å². The Balaban J connectivity index is 2.06. The van der Waals surface area contributed by atoms with Crippen LogP contribution in [0.3, 0.4) is 0 Å². The van der Waals surface area contributed by atoms with Crippen molar-refractivity contribution in [2.24, 2.45) is 11.1 Å². The predicted molar refractivity (Wildman–Crippen MR) is 87.9 cm³/mol. The average molecular weight is 321 g/mol. The number of nitrogens with two attached hydrogens (primary N) is 1. The van der Waals surface area contributed by atoms with Gasteiger partial charge in [-0.25, -0.2) is 4.68 Å². The Morgan fingerprint density at radius 2 is 2.00 bits per heavy atom. The number of aromatic nitrogens is 2. The highest BCUT2D eigenvalue weighted by atomic mass is 35.5. The Bertz CT molecular complexity index is 643. The first-order chi connectivity index (χ1) is 10.3. The summed E-state index contributed by atoms with van der Waals surface area (Å²) in [7, 11) is 0. The van der Waals surface area contributed by atoms with E-state index >= 15 is 0 Å². The van der Waals surface area contributed by atoms with Crippen LogP contribution >= 0.6 is 11.6 Å². The molecular weight excluding hydrogens is 300 g/mol. The second kappa shape index (κ2) is 6.50. The molecule has 0 saturated heterocycles. The standard InChI is InChI=1S/C16H21ClN4O/c1-16(2,3)14(15(18)22)19-8-11-9-20-21(10-11)13-6-4-12(17)5-7-13/h4-7,9-10,14,19H,8H2,1-3H3,(H2,18,22)/t14-/m0/s1. The van der Waals surface area contributed by atoms with Crippen molar-refractivity contribution in [3.63, 3.8) is 0 Å². The summed E-state index contributed by atoms with van der Waals surface area (Å²) in [5, 5.41) is 8.21. The minimum atomic E-state index is -0.397. The van der Waals surface area contributed by atoms with Crippen molar-refractivity contribution in [2.75, 3.05) is 0 Å². The quantitative estimate of drug-likeness (QED) is 0.889. The molecule has 1 heterocycles. The number of hydrogen-bond acceptors (Lipinski definition) is 3. The number of primary amides is 1. The lowest BCUT2D eigenvalue weighted by molar-refractivity contribution is -0.122. The lowest BCUT2D eigenvalue weighted by Gasteiger charge is -2.28. The number of benzene rings is 1. The van der Waals surface area contributed by atoms with Crippen LogP contribution in [-0.2, 0) is 11.3 Å². The molecule has 22 heavy (non-hydrogen) atoms. The van der Waals surface area contributed by atoms with E-state index in [1.807, 2.05) is 51.2 Å². The number of hydrogen-bond donors (Lipinski definition) is 2. The molecule has 0 aliphatic rings. The van der Waals surface area contributed by atoms with Crippen LogP contribution in [0, 0.1) is 5.41 Å². The molecule has 0 unspecified atom stereocenters. The van der Waals surface area contributed by atoms with Crippen LogP contribution in [0.5, 0.6) is 0 Å². The van der Waals surface area contributed by atoms with Crippen molar-refractivity contribution in [1.29, 1.82) is 0 Å². The molecule has 3 N–H and O–H groups in total. The monoisotopic (exact) mass is 320 g/mol. The van der Waals surface area contributed by atoms with E-state index in [-0.39, 0.29) is 11.3 Å². The molecule has 118 valence electrons. The number of amides is 1. The van der Waals surface area contributed by atoms with Crippen molar-refractivity contribution < 1.29 is 4.79 Å². The maximum Gasteiger partial charge on any atom is 0.235 e. The van der Waals surface area contributed by atoms with E-state index in [0.717, 1.165) is 11.3 Å². The van der Waals surface area contributed by atoms with Crippen molar-refractivity contribution >= 4 is 17.5 Å². The fourth-order valence-electron chi connectivity index (χ4n) is 2.24. The highest BCUT2D eigenvalue weighted by molar-refractivity contribution is 6.30. The van der Waals surface area contributed by atoms with E-state index in [2.05, 4.69) is 10.4 Å². The summed E-state index contributed by atoms with van der Waals surface area (Å²) in [6, 6.07) is 7.03. The summed E-state index contributed by atoms with van der Waals surface area (Å²) in [5.74, 6) is -0.349. The highest BCUT2D eigenvalue weighted by Gasteiger charge is 2.28. The molecule has 1 amide bonds. The molecule has 2 aromatic rings. The molecule has 1 aromatic heterocycles. The number of halogens is 1. The van der Waals surface area contributed by atoms with Gasteiger partial charge in [0.25, 0.3) is 0 Å². The van der Waals surface area contributed by atoms with Gasteiger partial charge >= 0.3 is 0 Å². The molecule has 0 radical (unpaired) electrons. The van der Waals surface area contributed by atoms with Gasteiger partial charge in [0.1, 0.15) is 0 Å². The molecule has 0 fully saturated rings. The van der Waals surface area contributed by atoms with Crippen LogP contribution in [0.2, 0.25) is 5.02 Å². The van der Waals surface area contributed by atoms with Crippen LogP contribution in [0.25, 0.3) is 5.69 Å². The highest BCUT2D eigenvalue weighted by Crippen LogP contribution is 2.19. The zero-order valence-electron chi connectivity index (χ0n) is 13.0. The van der Waals surface area contributed by atoms with Crippen LogP contribution in [0.4, 0.5) is 0 Å². The lowest BCUT2D eigenvalue weighted by atomic mass is 9.86. The molecule has 0 aliphatic heterocycles. The Hall–Kier alpha value is -1.85. The van der Waals surface area contributed by atoms with Crippen LogP contribution in [0.15, 0.2) is 36.7 Å². The molecule has 0 aliphatic carbocycles. The van der Waals surface area contributed by atoms with Gasteiger partial charge in [-0.05, 0) is 29.7 Å². The van der Waals surface area contributed by atoms with Gasteiger partial charge < -0.3 is 11.1 Å². The fourth-order valence-corrected chi connectivity index (χ4v) is 2.37. The van der Waals surface area contributed by atoms with Crippen molar-refractivity contribution in [1.82, 2.24) is 15.1 Å². The van der Waals surface area contributed by atoms with E-state index in [0.29, 0.717) is 11.6 Å². The van der Waals surface area contributed by atoms with Gasteiger partial charge in [-0.3, -0.25) is 4.79 Å². The first kappa shape index (κ1) is 16.5. The van der Waals surface area contributed by atoms with Gasteiger partial charge in [-0.15, -0.1) is 0 Å². The molecular formula is C16H21ClN4O. The van der Waals surface area contributed by atoms with Crippen LogP contribution in [0.1, 0.15) is 26.3 Å². The summed E-state index contributed by atoms with van der Waals surface area (Å²) in [5.41, 5.74) is 7.13. The van der Waals surface area contributed by atoms with Gasteiger partial charge in [0, 0.05) is 23.3 Å². The molecule has 1 aromatic carbocycles. The Morgan fingerprint density at radius 1 is 1.36 bits per heavy atom. The third kappa shape index (κ3) is 4.08. The molecule has 2 rings (SSSR count). The van der Waals surface area contributed by atoms with Gasteiger partial charge in [0.05, 0.1) is 17.9 Å². The third-order valence-electron chi connectivity index (χ3n) is 3.39. The zero-order chi connectivity index (χ0) is 16.3. The number of carbonyl (C=O) groups excluding carboxylic acids is 1.